The van der Waals surface area contributed by atoms with Crippen molar-refractivity contribution in [3.8, 4) is 28.6 Å². The number of hydrogen-bond acceptors (Lipinski definition) is 6. The maximum Gasteiger partial charge on any atom is 0.233 e. The highest BCUT2D eigenvalue weighted by Crippen LogP contribution is 2.37. The van der Waals surface area contributed by atoms with E-state index >= 15 is 0 Å². The van der Waals surface area contributed by atoms with Crippen LogP contribution in [0.4, 0.5) is 4.39 Å². The van der Waals surface area contributed by atoms with Gasteiger partial charge in [0.05, 0.1) is 17.7 Å². The van der Waals surface area contributed by atoms with Crippen molar-refractivity contribution in [3.05, 3.63) is 49.1 Å². The third-order valence-corrected chi connectivity index (χ3v) is 6.04. The third-order valence-electron chi connectivity index (χ3n) is 6.04. The first kappa shape index (κ1) is 18.1. The summed E-state index contributed by atoms with van der Waals surface area (Å²) in [6, 6.07) is 9.01. The number of nitrogens with zero attached hydrogens (tertiary/aromatic N) is 5. The zero-order valence-electron chi connectivity index (χ0n) is 16.0. The number of fused-ring (bicyclic) bond motifs is 2. The number of ether oxygens (including phenoxy) is 1. The van der Waals surface area contributed by atoms with Gasteiger partial charge < -0.3 is 14.4 Å². The maximum atomic E-state index is 14.1. The van der Waals surface area contributed by atoms with Crippen molar-refractivity contribution in [1.82, 2.24) is 24.6 Å². The van der Waals surface area contributed by atoms with E-state index in [9.17, 15) is 9.50 Å². The van der Waals surface area contributed by atoms with Crippen LogP contribution in [0.1, 0.15) is 19.3 Å². The minimum absolute atomic E-state index is 0.0510. The largest absolute Gasteiger partial charge is 0.507 e. The molecule has 2 aliphatic heterocycles. The highest BCUT2D eigenvalue weighted by Gasteiger charge is 2.46. The molecule has 1 N–H and O–H groups in total. The Morgan fingerprint density at radius 1 is 1.14 bits per heavy atom. The normalized spacial score (nSPS) is 26.6. The summed E-state index contributed by atoms with van der Waals surface area (Å²) in [7, 11) is 1.99. The van der Waals surface area contributed by atoms with E-state index in [1.54, 1.807) is 43.0 Å². The molecule has 0 aliphatic carbocycles. The highest BCUT2D eigenvalue weighted by atomic mass is 19.1. The number of phenols is 1. The van der Waals surface area contributed by atoms with Gasteiger partial charge in [0.15, 0.2) is 0 Å². The second-order valence-electron chi connectivity index (χ2n) is 7.78. The predicted octanol–water partition coefficient (Wildman–Crippen LogP) is 2.99. The second-order valence-corrected chi connectivity index (χ2v) is 7.78. The van der Waals surface area contributed by atoms with Gasteiger partial charge in [0.2, 0.25) is 5.88 Å². The van der Waals surface area contributed by atoms with Gasteiger partial charge >= 0.3 is 0 Å². The number of piperidine rings is 1. The lowest BCUT2D eigenvalue weighted by molar-refractivity contribution is 0.0522. The minimum Gasteiger partial charge on any atom is -0.507 e. The Morgan fingerprint density at radius 2 is 2.03 bits per heavy atom. The number of halogens is 1. The second kappa shape index (κ2) is 7.11. The Labute approximate surface area is 167 Å². The summed E-state index contributed by atoms with van der Waals surface area (Å²) in [6.07, 6.45) is 6.37. The Hall–Kier alpha value is -3.00. The number of imidazole rings is 1. The van der Waals surface area contributed by atoms with Crippen molar-refractivity contribution in [2.75, 3.05) is 7.05 Å². The number of aromatic nitrogens is 4. The summed E-state index contributed by atoms with van der Waals surface area (Å²) in [5.74, 6) is 0.535. The molecule has 0 amide bonds. The SMILES string of the molecule is CN1[C@@H]2C[C@H](Oc3ccc(-c4ccc(-n5ccnc5)cc4O)nn3)C[C@H]1[C@@H](F)C2. The summed E-state index contributed by atoms with van der Waals surface area (Å²) in [5.41, 5.74) is 1.95. The van der Waals surface area contributed by atoms with Crippen LogP contribution in [0.15, 0.2) is 49.1 Å². The van der Waals surface area contributed by atoms with Gasteiger partial charge in [0.1, 0.15) is 18.0 Å². The number of benzene rings is 1. The van der Waals surface area contributed by atoms with Gasteiger partial charge in [-0.2, -0.15) is 0 Å². The van der Waals surface area contributed by atoms with Crippen molar-refractivity contribution in [2.45, 2.75) is 43.6 Å². The van der Waals surface area contributed by atoms with E-state index in [0.29, 0.717) is 30.0 Å². The van der Waals surface area contributed by atoms with Gasteiger partial charge in [0, 0.05) is 55.0 Å². The number of phenolic OH excluding ortho intramolecular Hbond substituents is 1. The molecule has 2 saturated heterocycles. The Bertz CT molecular complexity index is 995. The van der Waals surface area contributed by atoms with Gasteiger partial charge in [-0.05, 0) is 31.7 Å². The van der Waals surface area contributed by atoms with Gasteiger partial charge in [-0.1, -0.05) is 0 Å². The number of alkyl halides is 1. The predicted molar refractivity (Wildman–Crippen MR) is 105 cm³/mol. The summed E-state index contributed by atoms with van der Waals surface area (Å²) in [6.45, 7) is 0. The lowest BCUT2D eigenvalue weighted by Gasteiger charge is -2.35. The van der Waals surface area contributed by atoms with E-state index in [-0.39, 0.29) is 23.9 Å². The molecule has 0 radical (unpaired) electrons. The van der Waals surface area contributed by atoms with Crippen LogP contribution in [0.3, 0.4) is 0 Å². The minimum atomic E-state index is -0.777. The van der Waals surface area contributed by atoms with Gasteiger partial charge in [0.25, 0.3) is 0 Å². The molecular formula is C21H22FN5O2. The number of hydrogen-bond donors (Lipinski definition) is 1. The molecule has 2 aliphatic rings. The zero-order valence-corrected chi connectivity index (χ0v) is 16.0. The van der Waals surface area contributed by atoms with Crippen molar-refractivity contribution in [2.24, 2.45) is 0 Å². The van der Waals surface area contributed by atoms with Gasteiger partial charge in [-0.25, -0.2) is 9.37 Å². The van der Waals surface area contributed by atoms with Crippen molar-refractivity contribution in [3.63, 3.8) is 0 Å². The van der Waals surface area contributed by atoms with Crippen LogP contribution in [0.25, 0.3) is 16.9 Å². The molecule has 0 saturated carbocycles. The standard InChI is InChI=1S/C21H22FN5O2/c1-26-14-8-15(11-19(26)17(22)9-14)29-21-5-4-18(24-25-21)16-3-2-13(10-20(16)28)27-7-6-23-12-27/h2-7,10,12,14-15,17,19,28H,8-9,11H2,1H3/t14-,15+,17+,19+/m1/s1. The van der Waals surface area contributed by atoms with Crippen molar-refractivity contribution < 1.29 is 14.2 Å². The molecule has 4 atom stereocenters. The fourth-order valence-electron chi connectivity index (χ4n) is 4.46. The van der Waals surface area contributed by atoms with Crippen molar-refractivity contribution in [1.29, 1.82) is 0 Å². The van der Waals surface area contributed by atoms with Gasteiger partial charge in [-0.15, -0.1) is 10.2 Å². The molecule has 0 spiro atoms. The van der Waals surface area contributed by atoms with Crippen LogP contribution < -0.4 is 4.74 Å². The van der Waals surface area contributed by atoms with Crippen LogP contribution in [0.2, 0.25) is 0 Å². The quantitative estimate of drug-likeness (QED) is 0.732. The topological polar surface area (TPSA) is 76.3 Å². The van der Waals surface area contributed by atoms with E-state index in [2.05, 4.69) is 20.1 Å². The monoisotopic (exact) mass is 395 g/mol. The molecule has 2 bridgehead atoms. The summed E-state index contributed by atoms with van der Waals surface area (Å²) in [5, 5.41) is 18.8. The van der Waals surface area contributed by atoms with Crippen LogP contribution >= 0.6 is 0 Å². The lowest BCUT2D eigenvalue weighted by Crippen LogP contribution is -2.45. The molecule has 0 unspecified atom stereocenters. The van der Waals surface area contributed by atoms with Crippen molar-refractivity contribution >= 4 is 0 Å². The molecule has 150 valence electrons. The van der Waals surface area contributed by atoms with E-state index in [1.165, 1.54) is 0 Å². The highest BCUT2D eigenvalue weighted by molar-refractivity contribution is 5.68. The van der Waals surface area contributed by atoms with E-state index in [0.717, 1.165) is 12.1 Å². The Kier molecular flexibility index (Phi) is 4.43. The molecule has 1 aromatic carbocycles. The van der Waals surface area contributed by atoms with E-state index in [4.69, 9.17) is 4.74 Å². The van der Waals surface area contributed by atoms with Crippen LogP contribution in [0, 0.1) is 0 Å². The summed E-state index contributed by atoms with van der Waals surface area (Å²) >= 11 is 0. The van der Waals surface area contributed by atoms with Crippen LogP contribution in [0.5, 0.6) is 11.6 Å². The first-order chi connectivity index (χ1) is 14.1. The lowest BCUT2D eigenvalue weighted by atomic mass is 10.0. The summed E-state index contributed by atoms with van der Waals surface area (Å²) < 4.78 is 21.9. The molecule has 8 heteroatoms. The average Bonchev–Trinajstić information content (AvgIpc) is 3.29. The Morgan fingerprint density at radius 3 is 2.72 bits per heavy atom. The molecule has 2 aromatic heterocycles. The number of rotatable bonds is 4. The smallest absolute Gasteiger partial charge is 0.233 e. The fourth-order valence-corrected chi connectivity index (χ4v) is 4.46. The van der Waals surface area contributed by atoms with E-state index < -0.39 is 6.17 Å². The maximum absolute atomic E-state index is 14.1. The zero-order chi connectivity index (χ0) is 20.0. The molecule has 7 nitrogen and oxygen atoms in total. The molecule has 4 heterocycles. The van der Waals surface area contributed by atoms with Gasteiger partial charge in [-0.3, -0.25) is 4.90 Å². The molecular weight excluding hydrogens is 373 g/mol. The average molecular weight is 395 g/mol. The molecule has 5 rings (SSSR count). The van der Waals surface area contributed by atoms with Crippen LogP contribution in [-0.4, -0.2) is 61.2 Å². The van der Waals surface area contributed by atoms with Crippen LogP contribution in [-0.2, 0) is 0 Å². The first-order valence-electron chi connectivity index (χ1n) is 9.76. The number of aromatic hydroxyl groups is 1. The first-order valence-corrected chi connectivity index (χ1v) is 9.76. The summed E-state index contributed by atoms with van der Waals surface area (Å²) in [4.78, 5) is 6.14. The van der Waals surface area contributed by atoms with E-state index in [1.807, 2.05) is 17.7 Å². The fraction of sp³-hybridized carbons (Fsp3) is 0.381. The molecule has 29 heavy (non-hydrogen) atoms. The molecule has 3 aromatic rings. The molecule has 2 fully saturated rings. The third kappa shape index (κ3) is 3.33. The Balaban J connectivity index is 1.30.